The number of nitrogens with one attached hydrogen (secondary N) is 1. The minimum atomic E-state index is 0.870. The van der Waals surface area contributed by atoms with Gasteiger partial charge in [-0.3, -0.25) is 0 Å². The van der Waals surface area contributed by atoms with Crippen molar-refractivity contribution >= 4 is 0 Å². The van der Waals surface area contributed by atoms with Gasteiger partial charge in [-0.1, -0.05) is 0 Å². The molecule has 2 saturated heterocycles. The highest BCUT2D eigenvalue weighted by atomic mass is 16.5. The van der Waals surface area contributed by atoms with Crippen LogP contribution in [-0.2, 0) is 4.74 Å². The molecule has 58 valence electrons. The number of hydrogen-bond acceptors (Lipinski definition) is 2. The van der Waals surface area contributed by atoms with Crippen molar-refractivity contribution in [1.82, 2.24) is 5.32 Å². The van der Waals surface area contributed by atoms with Gasteiger partial charge in [0.05, 0.1) is 0 Å². The highest BCUT2D eigenvalue weighted by molar-refractivity contribution is 4.79. The lowest BCUT2D eigenvalue weighted by Crippen LogP contribution is -2.14. The van der Waals surface area contributed by atoms with Crippen molar-refractivity contribution in [3.8, 4) is 0 Å². The predicted molar refractivity (Wildman–Crippen MR) is 39.9 cm³/mol. The van der Waals surface area contributed by atoms with Crippen LogP contribution in [0.15, 0.2) is 0 Å². The quantitative estimate of drug-likeness (QED) is 0.534. The maximum Gasteiger partial charge on any atom is 0.0498 e. The van der Waals surface area contributed by atoms with E-state index in [1.54, 1.807) is 0 Å². The first-order chi connectivity index (χ1) is 4.97. The van der Waals surface area contributed by atoms with Gasteiger partial charge < -0.3 is 10.1 Å². The van der Waals surface area contributed by atoms with Crippen molar-refractivity contribution in [2.45, 2.75) is 12.8 Å². The summed E-state index contributed by atoms with van der Waals surface area (Å²) >= 11 is 0. The summed E-state index contributed by atoms with van der Waals surface area (Å²) in [6.07, 6.45) is 2.65. The van der Waals surface area contributed by atoms with Crippen LogP contribution >= 0.6 is 0 Å². The molecule has 0 saturated carbocycles. The highest BCUT2D eigenvalue weighted by Gasteiger charge is 2.28. The molecule has 2 aliphatic heterocycles. The van der Waals surface area contributed by atoms with Gasteiger partial charge in [-0.25, -0.2) is 0 Å². The van der Waals surface area contributed by atoms with E-state index >= 15 is 0 Å². The molecule has 2 fully saturated rings. The van der Waals surface area contributed by atoms with Crippen LogP contribution in [0.2, 0.25) is 0 Å². The zero-order valence-corrected chi connectivity index (χ0v) is 6.31. The van der Waals surface area contributed by atoms with Crippen LogP contribution in [0.25, 0.3) is 0 Å². The first-order valence-electron chi connectivity index (χ1n) is 4.25. The lowest BCUT2D eigenvalue weighted by molar-refractivity contribution is 0.177. The van der Waals surface area contributed by atoms with E-state index in [-0.39, 0.29) is 0 Å². The molecule has 2 heteroatoms. The van der Waals surface area contributed by atoms with Crippen LogP contribution in [0.3, 0.4) is 0 Å². The van der Waals surface area contributed by atoms with E-state index < -0.39 is 0 Å². The highest BCUT2D eigenvalue weighted by Crippen LogP contribution is 2.27. The smallest absolute Gasteiger partial charge is 0.0498 e. The van der Waals surface area contributed by atoms with E-state index in [1.807, 2.05) is 0 Å². The van der Waals surface area contributed by atoms with Crippen molar-refractivity contribution < 1.29 is 4.74 Å². The average molecular weight is 141 g/mol. The molecular weight excluding hydrogens is 126 g/mol. The molecule has 10 heavy (non-hydrogen) atoms. The van der Waals surface area contributed by atoms with Gasteiger partial charge in [-0.05, 0) is 37.8 Å². The molecule has 0 bridgehead atoms. The van der Waals surface area contributed by atoms with E-state index in [0.717, 1.165) is 25.0 Å². The number of hydrogen-bond donors (Lipinski definition) is 1. The third-order valence-corrected chi connectivity index (χ3v) is 2.71. The summed E-state index contributed by atoms with van der Waals surface area (Å²) in [7, 11) is 0. The fraction of sp³-hybridized carbons (Fsp3) is 1.00. The van der Waals surface area contributed by atoms with Crippen molar-refractivity contribution in [3.63, 3.8) is 0 Å². The molecule has 1 N–H and O–H groups in total. The topological polar surface area (TPSA) is 21.3 Å². The second-order valence-electron chi connectivity index (χ2n) is 3.38. The fourth-order valence-electron chi connectivity index (χ4n) is 1.98. The second kappa shape index (κ2) is 2.89. The van der Waals surface area contributed by atoms with Gasteiger partial charge in [0.15, 0.2) is 0 Å². The minimum Gasteiger partial charge on any atom is -0.381 e. The van der Waals surface area contributed by atoms with Gasteiger partial charge in [0.1, 0.15) is 0 Å². The Hall–Kier alpha value is -0.0800. The molecule has 2 aliphatic rings. The van der Waals surface area contributed by atoms with Gasteiger partial charge in [-0.15, -0.1) is 0 Å². The summed E-state index contributed by atoms with van der Waals surface area (Å²) in [5.74, 6) is 1.74. The molecule has 2 nitrogen and oxygen atoms in total. The summed E-state index contributed by atoms with van der Waals surface area (Å²) in [4.78, 5) is 0. The Bertz CT molecular complexity index is 104. The Balaban J connectivity index is 1.95. The third-order valence-electron chi connectivity index (χ3n) is 2.71. The van der Waals surface area contributed by atoms with E-state index in [1.165, 1.54) is 25.9 Å². The van der Waals surface area contributed by atoms with E-state index in [0.29, 0.717) is 0 Å². The Morgan fingerprint density at radius 3 is 2.20 bits per heavy atom. The van der Waals surface area contributed by atoms with Crippen LogP contribution in [0, 0.1) is 11.8 Å². The number of fused-ring (bicyclic) bond motifs is 1. The van der Waals surface area contributed by atoms with Gasteiger partial charge in [0.25, 0.3) is 0 Å². The van der Waals surface area contributed by atoms with Gasteiger partial charge in [0.2, 0.25) is 0 Å². The molecule has 0 aromatic heterocycles. The monoisotopic (exact) mass is 141 g/mol. The summed E-state index contributed by atoms with van der Waals surface area (Å²) in [5.41, 5.74) is 0. The van der Waals surface area contributed by atoms with Crippen LogP contribution in [0.1, 0.15) is 12.8 Å². The number of ether oxygens (including phenoxy) is 1. The summed E-state index contributed by atoms with van der Waals surface area (Å²) in [5, 5.41) is 3.42. The van der Waals surface area contributed by atoms with Crippen LogP contribution in [0.5, 0.6) is 0 Å². The summed E-state index contributed by atoms with van der Waals surface area (Å²) in [6, 6.07) is 0. The van der Waals surface area contributed by atoms with E-state index in [9.17, 15) is 0 Å². The molecule has 0 amide bonds. The van der Waals surface area contributed by atoms with Gasteiger partial charge >= 0.3 is 0 Å². The SMILES string of the molecule is C1CC2COCC2CCN1. The Morgan fingerprint density at radius 1 is 1.00 bits per heavy atom. The minimum absolute atomic E-state index is 0.870. The van der Waals surface area contributed by atoms with Crippen LogP contribution in [0.4, 0.5) is 0 Å². The third kappa shape index (κ3) is 1.18. The van der Waals surface area contributed by atoms with Crippen LogP contribution < -0.4 is 5.32 Å². The lowest BCUT2D eigenvalue weighted by atomic mass is 9.92. The molecule has 0 aromatic carbocycles. The van der Waals surface area contributed by atoms with E-state index in [2.05, 4.69) is 5.32 Å². The van der Waals surface area contributed by atoms with Gasteiger partial charge in [0, 0.05) is 13.2 Å². The largest absolute Gasteiger partial charge is 0.381 e. The predicted octanol–water partition coefficient (Wildman–Crippen LogP) is 0.632. The first-order valence-corrected chi connectivity index (χ1v) is 4.25. The number of rotatable bonds is 0. The fourth-order valence-corrected chi connectivity index (χ4v) is 1.98. The first kappa shape index (κ1) is 6.62. The second-order valence-corrected chi connectivity index (χ2v) is 3.38. The molecule has 0 aliphatic carbocycles. The average Bonchev–Trinajstić information content (AvgIpc) is 2.28. The molecule has 0 radical (unpaired) electrons. The van der Waals surface area contributed by atoms with Crippen molar-refractivity contribution in [1.29, 1.82) is 0 Å². The summed E-state index contributed by atoms with van der Waals surface area (Å²) < 4.78 is 5.42. The Labute approximate surface area is 61.9 Å². The maximum absolute atomic E-state index is 5.42. The molecule has 2 atom stereocenters. The van der Waals surface area contributed by atoms with Gasteiger partial charge in [-0.2, -0.15) is 0 Å². The Kier molecular flexibility index (Phi) is 1.91. The molecule has 0 aromatic rings. The molecular formula is C8H15NO. The zero-order chi connectivity index (χ0) is 6.81. The van der Waals surface area contributed by atoms with E-state index in [4.69, 9.17) is 4.74 Å². The molecule has 2 heterocycles. The zero-order valence-electron chi connectivity index (χ0n) is 6.31. The lowest BCUT2D eigenvalue weighted by Gasteiger charge is -2.10. The van der Waals surface area contributed by atoms with Crippen LogP contribution in [-0.4, -0.2) is 26.3 Å². The standard InChI is InChI=1S/C8H15NO/c1-3-9-4-2-8-6-10-5-7(1)8/h7-9H,1-6H2. The van der Waals surface area contributed by atoms with Crippen molar-refractivity contribution in [2.75, 3.05) is 26.3 Å². The normalized spacial score (nSPS) is 40.8. The molecule has 2 rings (SSSR count). The maximum atomic E-state index is 5.42. The van der Waals surface area contributed by atoms with Crippen molar-refractivity contribution in [2.24, 2.45) is 11.8 Å². The summed E-state index contributed by atoms with van der Waals surface area (Å²) in [6.45, 7) is 4.44. The molecule has 2 unspecified atom stereocenters. The molecule has 0 spiro atoms. The Morgan fingerprint density at radius 2 is 1.60 bits per heavy atom. The van der Waals surface area contributed by atoms with Crippen molar-refractivity contribution in [3.05, 3.63) is 0 Å².